The number of carbonyl (C=O) groups is 2. The van der Waals surface area contributed by atoms with Crippen LogP contribution in [-0.2, 0) is 32.4 Å². The van der Waals surface area contributed by atoms with Crippen molar-refractivity contribution in [1.82, 2.24) is 29.7 Å². The van der Waals surface area contributed by atoms with E-state index in [2.05, 4.69) is 34.4 Å². The van der Waals surface area contributed by atoms with Crippen LogP contribution >= 0.6 is 23.2 Å². The van der Waals surface area contributed by atoms with Crippen LogP contribution in [0.15, 0.2) is 108 Å². The van der Waals surface area contributed by atoms with Crippen molar-refractivity contribution in [3.8, 4) is 11.4 Å². The summed E-state index contributed by atoms with van der Waals surface area (Å²) in [5.74, 6) is -1.14. The van der Waals surface area contributed by atoms with Gasteiger partial charge < -0.3 is 10.2 Å². The Bertz CT molecular complexity index is 3570. The molecule has 15 nitrogen and oxygen atoms in total. The molecule has 2 aromatic carbocycles. The molecule has 0 saturated carbocycles. The van der Waals surface area contributed by atoms with Crippen molar-refractivity contribution in [3.63, 3.8) is 0 Å². The van der Waals surface area contributed by atoms with Crippen LogP contribution < -0.4 is 9.44 Å². The fourth-order valence-electron chi connectivity index (χ4n) is 7.01. The van der Waals surface area contributed by atoms with E-state index in [1.54, 1.807) is 40.0 Å². The maximum Gasteiger partial charge on any atom is 0.417 e. The number of alkyl halides is 6. The molecular formula is C44H32Cl2F6N8O7S2. The van der Waals surface area contributed by atoms with Crippen LogP contribution in [-0.4, -0.2) is 63.3 Å². The van der Waals surface area contributed by atoms with Gasteiger partial charge in [-0.25, -0.2) is 26.8 Å². The third-order valence-corrected chi connectivity index (χ3v) is 13.6. The van der Waals surface area contributed by atoms with E-state index >= 15 is 0 Å². The summed E-state index contributed by atoms with van der Waals surface area (Å²) in [6.45, 7) is 6.48. The zero-order chi connectivity index (χ0) is 50.5. The summed E-state index contributed by atoms with van der Waals surface area (Å²) in [7, 11) is -9.10. The van der Waals surface area contributed by atoms with E-state index in [1.165, 1.54) is 49.2 Å². The molecule has 2 aliphatic rings. The van der Waals surface area contributed by atoms with Gasteiger partial charge >= 0.3 is 12.4 Å². The average Bonchev–Trinajstić information content (AvgIpc) is 3.94. The Balaban J connectivity index is 0.000000204. The number of rotatable bonds is 10. The van der Waals surface area contributed by atoms with Gasteiger partial charge in [-0.3, -0.25) is 29.0 Å². The Morgan fingerprint density at radius 1 is 0.652 bits per heavy atom. The number of carbonyl (C=O) groups excluding carboxylic acids is 2. The Labute approximate surface area is 397 Å². The molecule has 0 spiro atoms. The van der Waals surface area contributed by atoms with Crippen LogP contribution in [0.2, 0.25) is 10.0 Å². The standard InChI is InChI=1S/C22H16ClF3N4O4S.C22H16ClF3N4O3S/c1-11-7-17(29-35(33,34)13-3-4-16(23)15(8-13)22(24,25)26)19(28-9-11)20(31)18-12(2)10-30(32)21-14(18)5-6-27-21;1-11-7-17(30-34(32,33)13-3-4-16(23)15(8-13)22(24,25)26)19(28-9-11)20(31)18-12(2)10-29-21-14(18)5-6-27-21/h3-10,29,32H,1-2H3;3-10,30H,1-2H3,(H,27,29). The van der Waals surface area contributed by atoms with E-state index in [4.69, 9.17) is 23.2 Å². The van der Waals surface area contributed by atoms with Crippen LogP contribution in [0, 0.1) is 27.7 Å². The molecule has 0 unspecified atom stereocenters. The maximum absolute atomic E-state index is 13.5. The number of ketones is 2. The number of aromatic nitrogens is 6. The average molecular weight is 1030 g/mol. The number of hydrogen-bond donors (Lipinski definition) is 4. The van der Waals surface area contributed by atoms with Gasteiger partial charge in [-0.1, -0.05) is 23.2 Å². The molecule has 8 rings (SSSR count). The third kappa shape index (κ3) is 10.2. The molecule has 0 aliphatic carbocycles. The van der Waals surface area contributed by atoms with E-state index in [1.807, 2.05) is 0 Å². The van der Waals surface area contributed by atoms with Gasteiger partial charge in [0.2, 0.25) is 11.6 Å². The van der Waals surface area contributed by atoms with Crippen LogP contribution in [0.4, 0.5) is 37.7 Å². The van der Waals surface area contributed by atoms with E-state index in [0.717, 1.165) is 29.0 Å². The molecule has 4 N–H and O–H groups in total. The zero-order valence-electron chi connectivity index (χ0n) is 35.7. The van der Waals surface area contributed by atoms with Crippen molar-refractivity contribution in [2.45, 2.75) is 49.8 Å². The normalized spacial score (nSPS) is 12.2. The first-order valence-corrected chi connectivity index (χ1v) is 23.3. The molecule has 6 aromatic rings. The zero-order valence-corrected chi connectivity index (χ0v) is 38.9. The number of pyridine rings is 4. The van der Waals surface area contributed by atoms with Crippen LogP contribution in [0.3, 0.4) is 0 Å². The highest BCUT2D eigenvalue weighted by Gasteiger charge is 2.36. The van der Waals surface area contributed by atoms with Gasteiger partial charge in [0.1, 0.15) is 17.0 Å². The van der Waals surface area contributed by atoms with E-state index in [0.29, 0.717) is 51.0 Å². The molecule has 0 fully saturated rings. The van der Waals surface area contributed by atoms with Crippen molar-refractivity contribution in [1.29, 1.82) is 0 Å². The van der Waals surface area contributed by atoms with Gasteiger partial charge in [-0.15, -0.1) is 0 Å². The highest BCUT2D eigenvalue weighted by Crippen LogP contribution is 2.39. The summed E-state index contributed by atoms with van der Waals surface area (Å²) in [6, 6.07) is 10.3. The Morgan fingerprint density at radius 2 is 1.14 bits per heavy atom. The summed E-state index contributed by atoms with van der Waals surface area (Å²) in [5.41, 5.74) is -0.417. The van der Waals surface area contributed by atoms with Gasteiger partial charge in [0.25, 0.3) is 20.0 Å². The SMILES string of the molecule is Cc1cnc(C(=O)c2c(C)cn(O)c3nccc2-3)c(NS(=O)(=O)c2ccc(Cl)c(C(F)(F)F)c2)c1.Cc1cnc(C(=O)c2c(C)cnc3[nH]ccc23)c(NS(=O)(=O)c2ccc(Cl)c(C(F)(F)F)c2)c1. The van der Waals surface area contributed by atoms with Crippen LogP contribution in [0.25, 0.3) is 22.4 Å². The molecule has 0 saturated heterocycles. The largest absolute Gasteiger partial charge is 0.427 e. The van der Waals surface area contributed by atoms with E-state index in [9.17, 15) is 58.0 Å². The van der Waals surface area contributed by atoms with E-state index < -0.39 is 74.9 Å². The van der Waals surface area contributed by atoms with Gasteiger partial charge in [0.05, 0.1) is 42.3 Å². The number of benzene rings is 2. The van der Waals surface area contributed by atoms with Gasteiger partial charge in [0, 0.05) is 59.3 Å². The number of fused-ring (bicyclic) bond motifs is 2. The van der Waals surface area contributed by atoms with Gasteiger partial charge in [-0.05, 0) is 111 Å². The Hall–Kier alpha value is -7.08. The fourth-order valence-corrected chi connectivity index (χ4v) is 9.63. The number of aryl methyl sites for hydroxylation is 4. The first-order chi connectivity index (χ1) is 32.2. The van der Waals surface area contributed by atoms with Crippen molar-refractivity contribution in [3.05, 3.63) is 164 Å². The number of H-pyrrole nitrogens is 1. The first-order valence-electron chi connectivity index (χ1n) is 19.6. The van der Waals surface area contributed by atoms with Gasteiger partial charge in [0.15, 0.2) is 5.82 Å². The second kappa shape index (κ2) is 18.4. The summed E-state index contributed by atoms with van der Waals surface area (Å²) in [4.78, 5) is 44.9. The number of anilines is 2. The first kappa shape index (κ1) is 49.8. The predicted molar refractivity (Wildman–Crippen MR) is 241 cm³/mol. The number of nitrogens with zero attached hydrogens (tertiary/aromatic N) is 5. The molecule has 0 radical (unpaired) electrons. The number of halogens is 8. The molecule has 25 heteroatoms. The minimum Gasteiger partial charge on any atom is -0.427 e. The van der Waals surface area contributed by atoms with Crippen molar-refractivity contribution in [2.24, 2.45) is 0 Å². The smallest absolute Gasteiger partial charge is 0.417 e. The lowest BCUT2D eigenvalue weighted by Gasteiger charge is -2.16. The van der Waals surface area contributed by atoms with Crippen LogP contribution in [0.5, 0.6) is 0 Å². The lowest BCUT2D eigenvalue weighted by Crippen LogP contribution is -2.19. The quantitative estimate of drug-likeness (QED) is 0.0574. The molecule has 0 bridgehead atoms. The lowest BCUT2D eigenvalue weighted by molar-refractivity contribution is -0.138. The summed E-state index contributed by atoms with van der Waals surface area (Å²) in [6.07, 6.45) is -1.22. The Kier molecular flexibility index (Phi) is 13.3. The molecule has 6 heterocycles. The number of sulfonamides is 2. The molecule has 2 aliphatic heterocycles. The fraction of sp³-hybridized carbons (Fsp3) is 0.136. The minimum absolute atomic E-state index is 0.106. The van der Waals surface area contributed by atoms with Crippen molar-refractivity contribution < 1.29 is 58.0 Å². The summed E-state index contributed by atoms with van der Waals surface area (Å²) >= 11 is 11.2. The Morgan fingerprint density at radius 3 is 1.64 bits per heavy atom. The minimum atomic E-state index is -4.87. The number of nitrogens with one attached hydrogen (secondary N) is 3. The molecule has 0 amide bonds. The topological polar surface area (TPSA) is 219 Å². The number of aromatic amines is 1. The molecule has 69 heavy (non-hydrogen) atoms. The summed E-state index contributed by atoms with van der Waals surface area (Å²) < 4.78 is 136. The molecule has 4 aromatic heterocycles. The highest BCUT2D eigenvalue weighted by atomic mass is 35.5. The second-order valence-electron chi connectivity index (χ2n) is 15.2. The lowest BCUT2D eigenvalue weighted by atomic mass is 9.97. The van der Waals surface area contributed by atoms with Gasteiger partial charge in [-0.2, -0.15) is 31.1 Å². The maximum atomic E-state index is 13.5. The molecule has 0 atom stereocenters. The van der Waals surface area contributed by atoms with E-state index in [-0.39, 0.29) is 39.7 Å². The van der Waals surface area contributed by atoms with Crippen LogP contribution in [0.1, 0.15) is 65.5 Å². The van der Waals surface area contributed by atoms with Crippen molar-refractivity contribution >= 4 is 77.2 Å². The second-order valence-corrected chi connectivity index (χ2v) is 19.4. The molecule has 358 valence electrons. The third-order valence-electron chi connectivity index (χ3n) is 10.2. The molecular weight excluding hydrogens is 1000 g/mol. The monoisotopic (exact) mass is 1030 g/mol. The highest BCUT2D eigenvalue weighted by molar-refractivity contribution is 7.93. The summed E-state index contributed by atoms with van der Waals surface area (Å²) in [5, 5.41) is 9.26. The predicted octanol–water partition coefficient (Wildman–Crippen LogP) is 10.2. The number of hydrogen-bond acceptors (Lipinski definition) is 11. The van der Waals surface area contributed by atoms with Crippen molar-refractivity contribution in [2.75, 3.05) is 9.44 Å².